The van der Waals surface area contributed by atoms with Crippen molar-refractivity contribution < 1.29 is 14.3 Å². The number of primary amides is 1. The van der Waals surface area contributed by atoms with Crippen LogP contribution in [0, 0.1) is 0 Å². The molecule has 7 nitrogen and oxygen atoms in total. The Hall–Kier alpha value is -1.50. The lowest BCUT2D eigenvalue weighted by atomic mass is 9.89. The van der Waals surface area contributed by atoms with E-state index in [-0.39, 0.29) is 23.7 Å². The van der Waals surface area contributed by atoms with E-state index in [0.29, 0.717) is 13.1 Å². The standard InChI is InChI=1S/C15H26N4O3/c16-13(20)17-12-3-7-19(10-12)14(21)18-11-4-8-22-15(9-11)5-1-2-6-15/h11-12H,1-10H2,(H,18,21)(H3,16,17,20). The summed E-state index contributed by atoms with van der Waals surface area (Å²) in [5, 5.41) is 5.82. The molecule has 0 aromatic carbocycles. The number of nitrogens with one attached hydrogen (secondary N) is 2. The predicted octanol–water partition coefficient (Wildman–Crippen LogP) is 0.930. The average molecular weight is 310 g/mol. The van der Waals surface area contributed by atoms with E-state index in [1.165, 1.54) is 12.8 Å². The van der Waals surface area contributed by atoms with E-state index >= 15 is 0 Å². The number of ether oxygens (including phenoxy) is 1. The van der Waals surface area contributed by atoms with Gasteiger partial charge in [-0.15, -0.1) is 0 Å². The van der Waals surface area contributed by atoms with Crippen molar-refractivity contribution in [2.24, 2.45) is 5.73 Å². The molecule has 2 saturated heterocycles. The molecule has 0 bridgehead atoms. The maximum atomic E-state index is 12.4. The van der Waals surface area contributed by atoms with Crippen LogP contribution in [0.4, 0.5) is 9.59 Å². The zero-order valence-corrected chi connectivity index (χ0v) is 13.0. The molecule has 1 saturated carbocycles. The van der Waals surface area contributed by atoms with Crippen molar-refractivity contribution in [1.82, 2.24) is 15.5 Å². The van der Waals surface area contributed by atoms with Crippen LogP contribution in [0.2, 0.25) is 0 Å². The molecule has 124 valence electrons. The van der Waals surface area contributed by atoms with E-state index in [1.807, 2.05) is 0 Å². The Balaban J connectivity index is 1.48. The molecule has 7 heteroatoms. The van der Waals surface area contributed by atoms with Gasteiger partial charge in [0, 0.05) is 31.8 Å². The van der Waals surface area contributed by atoms with Crippen molar-refractivity contribution in [3.05, 3.63) is 0 Å². The Kier molecular flexibility index (Phi) is 4.42. The van der Waals surface area contributed by atoms with Gasteiger partial charge in [0.25, 0.3) is 0 Å². The molecule has 22 heavy (non-hydrogen) atoms. The van der Waals surface area contributed by atoms with Gasteiger partial charge in [-0.05, 0) is 32.1 Å². The van der Waals surface area contributed by atoms with Crippen LogP contribution in [0.25, 0.3) is 0 Å². The number of likely N-dealkylation sites (tertiary alicyclic amines) is 1. The molecule has 1 aliphatic carbocycles. The second kappa shape index (κ2) is 6.32. The van der Waals surface area contributed by atoms with Gasteiger partial charge in [-0.1, -0.05) is 12.8 Å². The Labute approximate surface area is 130 Å². The van der Waals surface area contributed by atoms with E-state index in [0.717, 1.165) is 38.7 Å². The number of amides is 4. The quantitative estimate of drug-likeness (QED) is 0.708. The van der Waals surface area contributed by atoms with Crippen molar-refractivity contribution in [3.63, 3.8) is 0 Å². The molecule has 2 unspecified atom stereocenters. The van der Waals surface area contributed by atoms with E-state index in [2.05, 4.69) is 10.6 Å². The number of rotatable bonds is 2. The summed E-state index contributed by atoms with van der Waals surface area (Å²) < 4.78 is 6.00. The number of nitrogens with zero attached hydrogens (tertiary/aromatic N) is 1. The van der Waals surface area contributed by atoms with Gasteiger partial charge in [-0.3, -0.25) is 0 Å². The minimum absolute atomic E-state index is 0.0112. The fourth-order valence-electron chi connectivity index (χ4n) is 4.05. The van der Waals surface area contributed by atoms with Gasteiger partial charge in [-0.2, -0.15) is 0 Å². The van der Waals surface area contributed by atoms with Crippen molar-refractivity contribution in [3.8, 4) is 0 Å². The summed E-state index contributed by atoms with van der Waals surface area (Å²) in [6.07, 6.45) is 7.26. The molecule has 3 aliphatic rings. The van der Waals surface area contributed by atoms with Crippen LogP contribution in [0.3, 0.4) is 0 Å². The van der Waals surface area contributed by atoms with E-state index in [9.17, 15) is 9.59 Å². The lowest BCUT2D eigenvalue weighted by Gasteiger charge is -2.39. The second-order valence-corrected chi connectivity index (χ2v) is 6.82. The van der Waals surface area contributed by atoms with Crippen LogP contribution < -0.4 is 16.4 Å². The highest BCUT2D eigenvalue weighted by atomic mass is 16.5. The fourth-order valence-corrected chi connectivity index (χ4v) is 4.05. The Bertz CT molecular complexity index is 437. The normalized spacial score (nSPS) is 30.5. The highest BCUT2D eigenvalue weighted by molar-refractivity contribution is 5.75. The maximum Gasteiger partial charge on any atom is 0.317 e. The monoisotopic (exact) mass is 310 g/mol. The number of nitrogens with two attached hydrogens (primary N) is 1. The molecule has 4 N–H and O–H groups in total. The second-order valence-electron chi connectivity index (χ2n) is 6.82. The van der Waals surface area contributed by atoms with E-state index in [1.54, 1.807) is 4.90 Å². The molecule has 0 aromatic heterocycles. The van der Waals surface area contributed by atoms with Crippen molar-refractivity contribution >= 4 is 12.1 Å². The van der Waals surface area contributed by atoms with E-state index in [4.69, 9.17) is 10.5 Å². The first kappa shape index (κ1) is 15.4. The third-order valence-corrected chi connectivity index (χ3v) is 5.16. The van der Waals surface area contributed by atoms with Crippen LogP contribution in [-0.2, 0) is 4.74 Å². The first-order chi connectivity index (χ1) is 10.6. The molecule has 4 amide bonds. The molecule has 0 aromatic rings. The van der Waals surface area contributed by atoms with Crippen LogP contribution in [-0.4, -0.2) is 54.3 Å². The smallest absolute Gasteiger partial charge is 0.317 e. The summed E-state index contributed by atoms with van der Waals surface area (Å²) in [5.41, 5.74) is 5.14. The number of hydrogen-bond acceptors (Lipinski definition) is 3. The van der Waals surface area contributed by atoms with Crippen LogP contribution >= 0.6 is 0 Å². The average Bonchev–Trinajstić information content (AvgIpc) is 3.08. The highest BCUT2D eigenvalue weighted by Crippen LogP contribution is 2.40. The summed E-state index contributed by atoms with van der Waals surface area (Å²) in [4.78, 5) is 25.0. The first-order valence-electron chi connectivity index (χ1n) is 8.32. The van der Waals surface area contributed by atoms with Crippen molar-refractivity contribution in [2.45, 2.75) is 62.6 Å². The highest BCUT2D eigenvalue weighted by Gasteiger charge is 2.40. The molecular formula is C15H26N4O3. The Morgan fingerprint density at radius 3 is 2.64 bits per heavy atom. The molecule has 3 fully saturated rings. The molecule has 2 atom stereocenters. The molecule has 3 rings (SSSR count). The predicted molar refractivity (Wildman–Crippen MR) is 81.4 cm³/mol. The van der Waals surface area contributed by atoms with Gasteiger partial charge in [0.1, 0.15) is 0 Å². The van der Waals surface area contributed by atoms with Gasteiger partial charge in [0.15, 0.2) is 0 Å². The number of carbonyl (C=O) groups excluding carboxylic acids is 2. The molecule has 2 aliphatic heterocycles. The van der Waals surface area contributed by atoms with Gasteiger partial charge >= 0.3 is 12.1 Å². The summed E-state index contributed by atoms with van der Waals surface area (Å²) in [6, 6.07) is -0.393. The zero-order valence-electron chi connectivity index (χ0n) is 13.0. The maximum absolute atomic E-state index is 12.4. The summed E-state index contributed by atoms with van der Waals surface area (Å²) in [5.74, 6) is 0. The number of urea groups is 2. The lowest BCUT2D eigenvalue weighted by Crippen LogP contribution is -2.51. The Morgan fingerprint density at radius 1 is 1.14 bits per heavy atom. The van der Waals surface area contributed by atoms with Gasteiger partial charge in [-0.25, -0.2) is 9.59 Å². The van der Waals surface area contributed by atoms with Gasteiger partial charge in [0.2, 0.25) is 0 Å². The third kappa shape index (κ3) is 3.45. The first-order valence-corrected chi connectivity index (χ1v) is 8.32. The van der Waals surface area contributed by atoms with Gasteiger partial charge < -0.3 is 26.0 Å². The van der Waals surface area contributed by atoms with Crippen molar-refractivity contribution in [2.75, 3.05) is 19.7 Å². The Morgan fingerprint density at radius 2 is 1.91 bits per heavy atom. The number of carbonyl (C=O) groups is 2. The lowest BCUT2D eigenvalue weighted by molar-refractivity contribution is -0.0823. The molecule has 0 radical (unpaired) electrons. The fraction of sp³-hybridized carbons (Fsp3) is 0.867. The topological polar surface area (TPSA) is 96.7 Å². The van der Waals surface area contributed by atoms with Crippen molar-refractivity contribution in [1.29, 1.82) is 0 Å². The van der Waals surface area contributed by atoms with Crippen LogP contribution in [0.1, 0.15) is 44.9 Å². The number of hydrogen-bond donors (Lipinski definition) is 3. The van der Waals surface area contributed by atoms with Gasteiger partial charge in [0.05, 0.1) is 5.60 Å². The summed E-state index contributed by atoms with van der Waals surface area (Å²) in [7, 11) is 0. The van der Waals surface area contributed by atoms with Crippen LogP contribution in [0.5, 0.6) is 0 Å². The minimum atomic E-state index is -0.528. The van der Waals surface area contributed by atoms with E-state index < -0.39 is 6.03 Å². The molecular weight excluding hydrogens is 284 g/mol. The SMILES string of the molecule is NC(=O)NC1CCN(C(=O)NC2CCOC3(CCCC3)C2)C1. The largest absolute Gasteiger partial charge is 0.375 e. The summed E-state index contributed by atoms with van der Waals surface area (Å²) >= 11 is 0. The zero-order chi connectivity index (χ0) is 15.6. The minimum Gasteiger partial charge on any atom is -0.375 e. The third-order valence-electron chi connectivity index (χ3n) is 5.16. The molecule has 2 heterocycles. The molecule has 1 spiro atoms. The van der Waals surface area contributed by atoms with Crippen LogP contribution in [0.15, 0.2) is 0 Å². The summed E-state index contributed by atoms with van der Waals surface area (Å²) in [6.45, 7) is 1.92.